The van der Waals surface area contributed by atoms with Crippen molar-refractivity contribution in [3.05, 3.63) is 47.5 Å². The molecule has 0 saturated carbocycles. The first-order valence-corrected chi connectivity index (χ1v) is 11.4. The quantitative estimate of drug-likeness (QED) is 0.520. The fourth-order valence-corrected chi connectivity index (χ4v) is 3.93. The van der Waals surface area contributed by atoms with Crippen molar-refractivity contribution in [2.24, 2.45) is 10.9 Å². The van der Waals surface area contributed by atoms with Crippen molar-refractivity contribution in [1.29, 1.82) is 0 Å². The molecule has 2 aromatic rings. The van der Waals surface area contributed by atoms with Gasteiger partial charge in [-0.05, 0) is 37.0 Å². The summed E-state index contributed by atoms with van der Waals surface area (Å²) < 4.78 is 25.7. The smallest absolute Gasteiger partial charge is 0.191 e. The summed E-state index contributed by atoms with van der Waals surface area (Å²) in [5, 5.41) is 6.55. The Bertz CT molecular complexity index is 916. The van der Waals surface area contributed by atoms with Crippen LogP contribution >= 0.6 is 0 Å². The Kier molecular flexibility index (Phi) is 7.62. The molecule has 2 N–H and O–H groups in total. The third-order valence-electron chi connectivity index (χ3n) is 4.18. The molecule has 7 nitrogen and oxygen atoms in total. The molecule has 28 heavy (non-hydrogen) atoms. The Morgan fingerprint density at radius 2 is 2.04 bits per heavy atom. The van der Waals surface area contributed by atoms with E-state index in [0.29, 0.717) is 29.9 Å². The van der Waals surface area contributed by atoms with Crippen LogP contribution < -0.4 is 10.6 Å². The van der Waals surface area contributed by atoms with Crippen LogP contribution in [-0.4, -0.2) is 36.7 Å². The third-order valence-corrected chi connectivity index (χ3v) is 5.44. The van der Waals surface area contributed by atoms with Gasteiger partial charge in [0.2, 0.25) is 0 Å². The van der Waals surface area contributed by atoms with E-state index >= 15 is 0 Å². The van der Waals surface area contributed by atoms with Gasteiger partial charge < -0.3 is 15.2 Å². The number of benzene rings is 1. The molecule has 2 rings (SSSR count). The normalized spacial score (nSPS) is 12.4. The number of rotatable bonds is 8. The number of aromatic nitrogens is 2. The third kappa shape index (κ3) is 6.37. The number of aliphatic imine (C=N–C) groups is 1. The summed E-state index contributed by atoms with van der Waals surface area (Å²) >= 11 is 0. The number of sulfone groups is 1. The van der Waals surface area contributed by atoms with Crippen LogP contribution in [-0.2, 0) is 29.5 Å². The molecule has 0 aliphatic carbocycles. The minimum absolute atomic E-state index is 0.363. The van der Waals surface area contributed by atoms with E-state index in [2.05, 4.69) is 39.0 Å². The molecule has 0 fully saturated rings. The molecular formula is C20H31N5O2S. The Morgan fingerprint density at radius 3 is 2.64 bits per heavy atom. The van der Waals surface area contributed by atoms with Crippen LogP contribution in [0.3, 0.4) is 0 Å². The fraction of sp³-hybridized carbons (Fsp3) is 0.500. The van der Waals surface area contributed by atoms with E-state index in [0.717, 1.165) is 30.0 Å². The van der Waals surface area contributed by atoms with Gasteiger partial charge in [-0.25, -0.2) is 18.4 Å². The maximum atomic E-state index is 11.8. The molecule has 0 saturated heterocycles. The first-order chi connectivity index (χ1) is 13.2. The first kappa shape index (κ1) is 21.9. The van der Waals surface area contributed by atoms with Crippen molar-refractivity contribution in [1.82, 2.24) is 20.2 Å². The summed E-state index contributed by atoms with van der Waals surface area (Å²) in [5.74, 6) is 2.21. The van der Waals surface area contributed by atoms with Crippen LogP contribution in [0.25, 0.3) is 0 Å². The number of nitrogens with one attached hydrogen (secondary N) is 2. The molecule has 1 heterocycles. The van der Waals surface area contributed by atoms with Gasteiger partial charge in [-0.3, -0.25) is 0 Å². The van der Waals surface area contributed by atoms with Gasteiger partial charge in [0, 0.05) is 31.7 Å². The zero-order valence-electron chi connectivity index (χ0n) is 17.4. The lowest BCUT2D eigenvalue weighted by Gasteiger charge is -2.14. The second-order valence-electron chi connectivity index (χ2n) is 7.31. The van der Waals surface area contributed by atoms with Gasteiger partial charge in [0.1, 0.15) is 5.82 Å². The van der Waals surface area contributed by atoms with E-state index in [1.807, 2.05) is 38.4 Å². The van der Waals surface area contributed by atoms with Crippen molar-refractivity contribution < 1.29 is 8.42 Å². The average Bonchev–Trinajstić information content (AvgIpc) is 3.02. The predicted molar refractivity (Wildman–Crippen MR) is 113 cm³/mol. The summed E-state index contributed by atoms with van der Waals surface area (Å²) in [6.45, 7) is 10.9. The lowest BCUT2D eigenvalue weighted by molar-refractivity contribution is 0.503. The number of guanidine groups is 1. The van der Waals surface area contributed by atoms with E-state index in [1.165, 1.54) is 6.26 Å². The molecule has 0 aliphatic rings. The number of imidazole rings is 1. The zero-order chi connectivity index (χ0) is 20.7. The summed E-state index contributed by atoms with van der Waals surface area (Å²) in [5.41, 5.74) is 1.70. The van der Waals surface area contributed by atoms with Crippen LogP contribution in [0.1, 0.15) is 37.7 Å². The van der Waals surface area contributed by atoms with Crippen molar-refractivity contribution in [3.8, 4) is 0 Å². The highest BCUT2D eigenvalue weighted by atomic mass is 32.2. The van der Waals surface area contributed by atoms with Gasteiger partial charge in [0.15, 0.2) is 15.8 Å². The van der Waals surface area contributed by atoms with Crippen molar-refractivity contribution in [2.75, 3.05) is 12.8 Å². The molecule has 0 aliphatic heterocycles. The molecular weight excluding hydrogens is 374 g/mol. The molecule has 8 heteroatoms. The summed E-state index contributed by atoms with van der Waals surface area (Å²) in [4.78, 5) is 9.40. The summed E-state index contributed by atoms with van der Waals surface area (Å²) in [6.07, 6.45) is 5.03. The van der Waals surface area contributed by atoms with Crippen molar-refractivity contribution in [3.63, 3.8) is 0 Å². The van der Waals surface area contributed by atoms with Crippen LogP contribution in [0, 0.1) is 12.8 Å². The van der Waals surface area contributed by atoms with Crippen LogP contribution in [0.15, 0.2) is 40.5 Å². The molecule has 0 spiro atoms. The van der Waals surface area contributed by atoms with E-state index in [4.69, 9.17) is 0 Å². The Balaban J connectivity index is 2.07. The Labute approximate surface area is 168 Å². The summed E-state index contributed by atoms with van der Waals surface area (Å²) in [7, 11) is -3.21. The second-order valence-corrected chi connectivity index (χ2v) is 9.29. The number of nitrogens with zero attached hydrogens (tertiary/aromatic N) is 3. The molecule has 0 amide bonds. The predicted octanol–water partition coefficient (Wildman–Crippen LogP) is 2.51. The largest absolute Gasteiger partial charge is 0.357 e. The van der Waals surface area contributed by atoms with E-state index < -0.39 is 9.84 Å². The number of hydrogen-bond acceptors (Lipinski definition) is 4. The van der Waals surface area contributed by atoms with Crippen LogP contribution in [0.5, 0.6) is 0 Å². The van der Waals surface area contributed by atoms with E-state index in [1.54, 1.807) is 6.07 Å². The SMILES string of the molecule is CCNC(=NCc1ccc(S(C)(=O)=O)c(C)c1)NCc1nccn1CC(C)C. The summed E-state index contributed by atoms with van der Waals surface area (Å²) in [6, 6.07) is 5.34. The van der Waals surface area contributed by atoms with E-state index in [9.17, 15) is 8.42 Å². The standard InChI is InChI=1S/C20H31N5O2S/c1-6-21-20(24-13-19-22-9-10-25(19)14-15(2)3)23-12-17-7-8-18(16(4)11-17)28(5,26)27/h7-11,15H,6,12-14H2,1-5H3,(H2,21,23,24). The molecule has 1 aromatic carbocycles. The highest BCUT2D eigenvalue weighted by Gasteiger charge is 2.11. The lowest BCUT2D eigenvalue weighted by atomic mass is 10.1. The topological polar surface area (TPSA) is 88.4 Å². The Hall–Kier alpha value is -2.35. The van der Waals surface area contributed by atoms with E-state index in [-0.39, 0.29) is 0 Å². The molecule has 154 valence electrons. The molecule has 0 bridgehead atoms. The van der Waals surface area contributed by atoms with Gasteiger partial charge in [0.25, 0.3) is 0 Å². The fourth-order valence-electron chi connectivity index (χ4n) is 2.97. The second kappa shape index (κ2) is 9.73. The van der Waals surface area contributed by atoms with Crippen LogP contribution in [0.4, 0.5) is 0 Å². The number of aryl methyl sites for hydroxylation is 1. The van der Waals surface area contributed by atoms with Crippen molar-refractivity contribution in [2.45, 2.75) is 52.2 Å². The highest BCUT2D eigenvalue weighted by molar-refractivity contribution is 7.90. The van der Waals surface area contributed by atoms with Crippen molar-refractivity contribution >= 4 is 15.8 Å². The number of hydrogen-bond donors (Lipinski definition) is 2. The minimum Gasteiger partial charge on any atom is -0.357 e. The lowest BCUT2D eigenvalue weighted by Crippen LogP contribution is -2.37. The van der Waals surface area contributed by atoms with Crippen LogP contribution in [0.2, 0.25) is 0 Å². The maximum absolute atomic E-state index is 11.8. The maximum Gasteiger partial charge on any atom is 0.191 e. The monoisotopic (exact) mass is 405 g/mol. The van der Waals surface area contributed by atoms with Gasteiger partial charge in [-0.1, -0.05) is 26.0 Å². The molecule has 0 radical (unpaired) electrons. The highest BCUT2D eigenvalue weighted by Crippen LogP contribution is 2.17. The molecule has 0 unspecified atom stereocenters. The first-order valence-electron chi connectivity index (χ1n) is 9.52. The minimum atomic E-state index is -3.21. The molecule has 0 atom stereocenters. The van der Waals surface area contributed by atoms with Gasteiger partial charge in [-0.15, -0.1) is 0 Å². The van der Waals surface area contributed by atoms with Gasteiger partial charge in [0.05, 0.1) is 18.0 Å². The Morgan fingerprint density at radius 1 is 1.29 bits per heavy atom. The average molecular weight is 406 g/mol. The zero-order valence-corrected chi connectivity index (χ0v) is 18.2. The van der Waals surface area contributed by atoms with Gasteiger partial charge in [-0.2, -0.15) is 0 Å². The van der Waals surface area contributed by atoms with Gasteiger partial charge >= 0.3 is 0 Å². The molecule has 1 aromatic heterocycles.